The molecule has 290 valence electrons. The zero-order valence-corrected chi connectivity index (χ0v) is 33.9. The van der Waals surface area contributed by atoms with E-state index in [2.05, 4.69) is 65.3 Å². The fraction of sp³-hybridized carbons (Fsp3) is 0.220. The van der Waals surface area contributed by atoms with Crippen molar-refractivity contribution in [3.05, 3.63) is 144 Å². The van der Waals surface area contributed by atoms with Gasteiger partial charge in [0.1, 0.15) is 11.2 Å². The smallest absolute Gasteiger partial charge is 0.397 e. The van der Waals surface area contributed by atoms with Crippen LogP contribution in [0.15, 0.2) is 105 Å². The van der Waals surface area contributed by atoms with Gasteiger partial charge in [0, 0.05) is 16.0 Å². The monoisotopic (exact) mass is 892 g/mol. The van der Waals surface area contributed by atoms with Crippen LogP contribution in [-0.2, 0) is 12.4 Å². The van der Waals surface area contributed by atoms with Crippen molar-refractivity contribution in [1.82, 2.24) is 4.98 Å². The molecule has 0 saturated carbocycles. The Bertz CT molecular complexity index is 2220. The van der Waals surface area contributed by atoms with Gasteiger partial charge in [0.15, 0.2) is 0 Å². The van der Waals surface area contributed by atoms with Crippen molar-refractivity contribution in [3.8, 4) is 19.8 Å². The summed E-state index contributed by atoms with van der Waals surface area (Å²) >= 11 is 9.70. The highest BCUT2D eigenvalue weighted by Crippen LogP contribution is 2.36. The van der Waals surface area contributed by atoms with Crippen LogP contribution in [0.3, 0.4) is 0 Å². The number of aryl methyl sites for hydroxylation is 5. The molecule has 0 unspecified atom stereocenters. The molecule has 0 spiro atoms. The van der Waals surface area contributed by atoms with Gasteiger partial charge < -0.3 is 4.48 Å². The molecule has 1 aliphatic rings. The van der Waals surface area contributed by atoms with Crippen LogP contribution in [0.4, 0.5) is 26.3 Å². The van der Waals surface area contributed by atoms with Crippen molar-refractivity contribution in [3.63, 3.8) is 0 Å². The van der Waals surface area contributed by atoms with Crippen LogP contribution in [-0.4, -0.2) is 11.3 Å². The molecule has 3 aromatic carbocycles. The number of benzene rings is 3. The first-order valence-corrected chi connectivity index (χ1v) is 20.6. The van der Waals surface area contributed by atoms with E-state index in [1.54, 1.807) is 54.9 Å². The minimum Gasteiger partial charge on any atom is -0.397 e. The summed E-state index contributed by atoms with van der Waals surface area (Å²) in [7, 11) is 0. The van der Waals surface area contributed by atoms with Gasteiger partial charge in [-0.05, 0) is 79.5 Å². The number of alkyl halides is 6. The number of thiophene rings is 2. The SMILES string of the molecule is Brc1ccsc1-c1nccs1.C.C.Cc1cc(C)cc(C)c1.Cc1cc([B-]2(c3cc(C)cc(C(F)(F)F)c3)c3ccsc3-c3scc[n+]32)cc(C(F)(F)F)c1. The van der Waals surface area contributed by atoms with Gasteiger partial charge in [0.25, 0.3) is 0 Å². The van der Waals surface area contributed by atoms with Crippen molar-refractivity contribution in [2.45, 2.75) is 61.8 Å². The lowest BCUT2D eigenvalue weighted by Gasteiger charge is -2.33. The predicted molar refractivity (Wildman–Crippen MR) is 227 cm³/mol. The third-order valence-corrected chi connectivity index (χ3v) is 13.5. The highest BCUT2D eigenvalue weighted by molar-refractivity contribution is 9.10. The fourth-order valence-electron chi connectivity index (χ4n) is 7.03. The van der Waals surface area contributed by atoms with E-state index in [4.69, 9.17) is 0 Å². The molecule has 0 atom stereocenters. The van der Waals surface area contributed by atoms with E-state index in [-0.39, 0.29) is 14.9 Å². The van der Waals surface area contributed by atoms with Gasteiger partial charge in [-0.2, -0.15) is 26.3 Å². The molecule has 2 nitrogen and oxygen atoms in total. The zero-order chi connectivity index (χ0) is 38.3. The van der Waals surface area contributed by atoms with Crippen molar-refractivity contribution in [2.24, 2.45) is 0 Å². The summed E-state index contributed by atoms with van der Waals surface area (Å²) in [5.41, 5.74) is 4.63. The van der Waals surface area contributed by atoms with Crippen molar-refractivity contribution >= 4 is 83.9 Å². The molecule has 0 amide bonds. The maximum atomic E-state index is 13.8. The van der Waals surface area contributed by atoms with Crippen molar-refractivity contribution in [2.75, 3.05) is 0 Å². The summed E-state index contributed by atoms with van der Waals surface area (Å²) in [6.07, 6.45) is -7.89. The first kappa shape index (κ1) is 44.2. The number of aromatic nitrogens is 2. The lowest BCUT2D eigenvalue weighted by atomic mass is 9.24. The summed E-state index contributed by atoms with van der Waals surface area (Å²) in [4.78, 5) is 6.31. The second-order valence-electron chi connectivity index (χ2n) is 13.0. The van der Waals surface area contributed by atoms with Crippen molar-refractivity contribution in [1.29, 1.82) is 0 Å². The Labute approximate surface area is 343 Å². The Morgan fingerprint density at radius 3 is 1.53 bits per heavy atom. The Kier molecular flexibility index (Phi) is 13.9. The third kappa shape index (κ3) is 9.20. The van der Waals surface area contributed by atoms with Gasteiger partial charge in [0.05, 0.1) is 26.3 Å². The Morgan fingerprint density at radius 1 is 0.582 bits per heavy atom. The second-order valence-corrected chi connectivity index (χ2v) is 17.5. The van der Waals surface area contributed by atoms with Crippen LogP contribution in [0.5, 0.6) is 0 Å². The average Bonchev–Trinajstić information content (AvgIpc) is 3.89. The lowest BCUT2D eigenvalue weighted by Crippen LogP contribution is -2.82. The highest BCUT2D eigenvalue weighted by atomic mass is 79.9. The maximum absolute atomic E-state index is 13.8. The van der Waals surface area contributed by atoms with Gasteiger partial charge in [-0.25, -0.2) is 4.98 Å². The molecule has 4 aromatic heterocycles. The number of hydrogen-bond donors (Lipinski definition) is 0. The van der Waals surface area contributed by atoms with Gasteiger partial charge in [-0.1, -0.05) is 103 Å². The van der Waals surface area contributed by atoms with Gasteiger partial charge in [-0.15, -0.1) is 50.4 Å². The molecule has 8 rings (SSSR count). The molecule has 1 aliphatic heterocycles. The van der Waals surface area contributed by atoms with Crippen LogP contribution < -0.4 is 20.9 Å². The molecular weight excluding hydrogens is 853 g/mol. The van der Waals surface area contributed by atoms with E-state index in [0.717, 1.165) is 49.1 Å². The number of fused-ring (bicyclic) bond motifs is 3. The Balaban J connectivity index is 0.000000249. The van der Waals surface area contributed by atoms with Gasteiger partial charge in [-0.3, -0.25) is 0 Å². The average molecular weight is 894 g/mol. The fourth-order valence-corrected chi connectivity index (χ4v) is 11.6. The first-order valence-electron chi connectivity index (χ1n) is 16.3. The summed E-state index contributed by atoms with van der Waals surface area (Å²) in [5.74, 6) is 0. The molecule has 0 aliphatic carbocycles. The first-order chi connectivity index (χ1) is 25.0. The molecule has 0 bridgehead atoms. The number of rotatable bonds is 3. The molecule has 0 fully saturated rings. The van der Waals surface area contributed by atoms with E-state index < -0.39 is 29.8 Å². The summed E-state index contributed by atoms with van der Waals surface area (Å²) in [5, 5.41) is 9.61. The van der Waals surface area contributed by atoms with E-state index in [0.29, 0.717) is 22.1 Å². The molecular formula is C41H40BBrF6N2S4. The summed E-state index contributed by atoms with van der Waals surface area (Å²) < 4.78 is 85.7. The van der Waals surface area contributed by atoms with Crippen LogP contribution in [0, 0.1) is 34.6 Å². The molecule has 0 N–H and O–H groups in total. The summed E-state index contributed by atoms with van der Waals surface area (Å²) in [6, 6.07) is 18.0. The molecule has 5 heterocycles. The quantitative estimate of drug-likeness (QED) is 0.128. The van der Waals surface area contributed by atoms with Crippen molar-refractivity contribution < 1.29 is 30.8 Å². The topological polar surface area (TPSA) is 16.8 Å². The van der Waals surface area contributed by atoms with Gasteiger partial charge >= 0.3 is 18.6 Å². The molecule has 14 heteroatoms. The van der Waals surface area contributed by atoms with E-state index in [9.17, 15) is 26.3 Å². The Hall–Kier alpha value is -3.56. The van der Waals surface area contributed by atoms with Crippen LogP contribution in [0.2, 0.25) is 0 Å². The standard InChI is InChI=1S/C23H16BF6NS2.C9H12.C7H4BrNS2.2CH4/c1-13-7-15(22(25,26)27)11-17(9-13)24(18-10-14(2)8-16(12-18)23(28,29)30)19-3-5-32-20(19)21-31(24)4-6-33-21;1-7-4-8(2)6-9(3)5-7;8-5-1-3-10-6(5)7-9-2-4-11-7;;/h3-12H,1-2H3;4-6H,1-3H3;1-4H;2*1H4. The number of halogens is 7. The highest BCUT2D eigenvalue weighted by Gasteiger charge is 2.52. The van der Waals surface area contributed by atoms with Crippen LogP contribution in [0.1, 0.15) is 53.8 Å². The molecule has 0 radical (unpaired) electrons. The molecule has 7 aromatic rings. The second kappa shape index (κ2) is 17.3. The predicted octanol–water partition coefficient (Wildman–Crippen LogP) is 12.8. The zero-order valence-electron chi connectivity index (χ0n) is 29.1. The Morgan fingerprint density at radius 2 is 1.07 bits per heavy atom. The maximum Gasteiger partial charge on any atom is 0.416 e. The third-order valence-electron chi connectivity index (χ3n) is 8.82. The molecule has 55 heavy (non-hydrogen) atoms. The van der Waals surface area contributed by atoms with E-state index in [1.807, 2.05) is 38.9 Å². The van der Waals surface area contributed by atoms with E-state index in [1.165, 1.54) is 44.2 Å². The minimum atomic E-state index is -4.58. The van der Waals surface area contributed by atoms with Gasteiger partial charge in [0.2, 0.25) is 5.01 Å². The lowest BCUT2D eigenvalue weighted by molar-refractivity contribution is -0.518. The number of hydrogen-bond acceptors (Lipinski definition) is 5. The molecule has 0 saturated heterocycles. The minimum absolute atomic E-state index is 0. The van der Waals surface area contributed by atoms with Crippen LogP contribution >= 0.6 is 61.3 Å². The largest absolute Gasteiger partial charge is 0.416 e. The summed E-state index contributed by atoms with van der Waals surface area (Å²) in [6.45, 7) is 9.52. The number of thiazole rings is 2. The van der Waals surface area contributed by atoms with E-state index >= 15 is 0 Å². The van der Waals surface area contributed by atoms with Crippen LogP contribution in [0.25, 0.3) is 19.8 Å². The normalized spacial score (nSPS) is 12.6. The number of nitrogens with zero attached hydrogens (tertiary/aromatic N) is 2.